The zero-order chi connectivity index (χ0) is 16.8. The number of hydrazone groups is 1. The number of halogens is 1. The van der Waals surface area contributed by atoms with E-state index >= 15 is 0 Å². The molecule has 5 heteroatoms. The van der Waals surface area contributed by atoms with Gasteiger partial charge in [-0.2, -0.15) is 5.10 Å². The van der Waals surface area contributed by atoms with Gasteiger partial charge in [-0.1, -0.05) is 64.5 Å². The van der Waals surface area contributed by atoms with Crippen LogP contribution in [-0.4, -0.2) is 18.7 Å². The molecule has 0 aromatic heterocycles. The average Bonchev–Trinajstić information content (AvgIpc) is 2.61. The summed E-state index contributed by atoms with van der Waals surface area (Å²) in [5, 5.41) is 9.34. The summed E-state index contributed by atoms with van der Waals surface area (Å²) < 4.78 is 1.00. The summed E-state index contributed by atoms with van der Waals surface area (Å²) in [5.74, 6) is -0.198. The molecule has 1 amide bonds. The summed E-state index contributed by atoms with van der Waals surface area (Å²) in [7, 11) is 0. The van der Waals surface area contributed by atoms with E-state index in [1.807, 2.05) is 66.7 Å². The van der Waals surface area contributed by atoms with E-state index in [0.717, 1.165) is 26.5 Å². The fourth-order valence-electron chi connectivity index (χ4n) is 2.32. The van der Waals surface area contributed by atoms with Gasteiger partial charge < -0.3 is 5.32 Å². The highest BCUT2D eigenvalue weighted by Gasteiger charge is 2.02. The maximum atomic E-state index is 11.9. The Labute approximate surface area is 148 Å². The Morgan fingerprint density at radius 1 is 1.00 bits per heavy atom. The number of rotatable bonds is 5. The molecular weight excluding hydrogens is 366 g/mol. The lowest BCUT2D eigenvalue weighted by Gasteiger charge is -2.08. The van der Waals surface area contributed by atoms with Crippen LogP contribution >= 0.6 is 15.9 Å². The van der Waals surface area contributed by atoms with E-state index in [-0.39, 0.29) is 12.5 Å². The molecule has 0 saturated heterocycles. The second-order valence-corrected chi connectivity index (χ2v) is 6.14. The second-order valence-electron chi connectivity index (χ2n) is 5.22. The molecule has 0 radical (unpaired) electrons. The molecule has 0 atom stereocenters. The minimum Gasteiger partial charge on any atom is -0.376 e. The lowest BCUT2D eigenvalue weighted by molar-refractivity contribution is -0.119. The molecular formula is C19H16BrN3O. The Morgan fingerprint density at radius 2 is 1.75 bits per heavy atom. The van der Waals surface area contributed by atoms with E-state index in [1.54, 1.807) is 6.21 Å². The lowest BCUT2D eigenvalue weighted by atomic mass is 10.1. The van der Waals surface area contributed by atoms with Gasteiger partial charge in [0, 0.05) is 15.5 Å². The Morgan fingerprint density at radius 3 is 2.58 bits per heavy atom. The molecule has 3 aromatic rings. The number of fused-ring (bicyclic) bond motifs is 1. The molecule has 24 heavy (non-hydrogen) atoms. The standard InChI is InChI=1S/C19H16BrN3O/c20-16-10-8-14(9-11-16)12-22-23-19(24)13-21-18-7-3-5-15-4-1-2-6-17(15)18/h1-12,21H,13H2,(H,23,24)/b22-12+. The topological polar surface area (TPSA) is 53.5 Å². The van der Waals surface area contributed by atoms with Crippen LogP contribution in [0.1, 0.15) is 5.56 Å². The third-order valence-corrected chi connectivity index (χ3v) is 4.03. The molecule has 0 aliphatic carbocycles. The van der Waals surface area contributed by atoms with Crippen molar-refractivity contribution in [2.45, 2.75) is 0 Å². The van der Waals surface area contributed by atoms with Crippen molar-refractivity contribution in [3.8, 4) is 0 Å². The highest BCUT2D eigenvalue weighted by atomic mass is 79.9. The normalized spacial score (nSPS) is 10.9. The summed E-state index contributed by atoms with van der Waals surface area (Å²) in [6.07, 6.45) is 1.61. The van der Waals surface area contributed by atoms with Crippen LogP contribution in [0.2, 0.25) is 0 Å². The van der Waals surface area contributed by atoms with Crippen LogP contribution in [0.5, 0.6) is 0 Å². The SMILES string of the molecule is O=C(CNc1cccc2ccccc12)N/N=C/c1ccc(Br)cc1. The first kappa shape index (κ1) is 16.2. The number of carbonyl (C=O) groups excluding carboxylic acids is 1. The highest BCUT2D eigenvalue weighted by Crippen LogP contribution is 2.22. The fourth-order valence-corrected chi connectivity index (χ4v) is 2.59. The predicted octanol–water partition coefficient (Wildman–Crippen LogP) is 4.16. The highest BCUT2D eigenvalue weighted by molar-refractivity contribution is 9.10. The van der Waals surface area contributed by atoms with Crippen LogP contribution < -0.4 is 10.7 Å². The van der Waals surface area contributed by atoms with Crippen LogP contribution in [0.15, 0.2) is 76.3 Å². The summed E-state index contributed by atoms with van der Waals surface area (Å²) >= 11 is 3.37. The summed E-state index contributed by atoms with van der Waals surface area (Å²) in [5.41, 5.74) is 4.37. The van der Waals surface area contributed by atoms with Gasteiger partial charge in [-0.3, -0.25) is 4.79 Å². The van der Waals surface area contributed by atoms with E-state index in [9.17, 15) is 4.79 Å². The molecule has 3 aromatic carbocycles. The van der Waals surface area contributed by atoms with Gasteiger partial charge >= 0.3 is 0 Å². The van der Waals surface area contributed by atoms with Crippen LogP contribution in [0.3, 0.4) is 0 Å². The number of nitrogens with zero attached hydrogens (tertiary/aromatic N) is 1. The van der Waals surface area contributed by atoms with Gasteiger partial charge in [0.1, 0.15) is 0 Å². The number of anilines is 1. The zero-order valence-electron chi connectivity index (χ0n) is 12.9. The Kier molecular flexibility index (Phi) is 5.23. The minimum atomic E-state index is -0.198. The van der Waals surface area contributed by atoms with Gasteiger partial charge in [0.05, 0.1) is 12.8 Å². The average molecular weight is 382 g/mol. The molecule has 0 saturated carbocycles. The van der Waals surface area contributed by atoms with E-state index in [1.165, 1.54) is 0 Å². The molecule has 0 fully saturated rings. The van der Waals surface area contributed by atoms with Crippen LogP contribution in [0.4, 0.5) is 5.69 Å². The maximum Gasteiger partial charge on any atom is 0.259 e. The van der Waals surface area contributed by atoms with Gasteiger partial charge in [-0.15, -0.1) is 0 Å². The van der Waals surface area contributed by atoms with Crippen molar-refractivity contribution in [2.24, 2.45) is 5.10 Å². The quantitative estimate of drug-likeness (QED) is 0.514. The molecule has 0 unspecified atom stereocenters. The Bertz CT molecular complexity index is 870. The molecule has 0 aliphatic heterocycles. The largest absolute Gasteiger partial charge is 0.376 e. The lowest BCUT2D eigenvalue weighted by Crippen LogP contribution is -2.25. The molecule has 120 valence electrons. The van der Waals surface area contributed by atoms with Gasteiger partial charge in [-0.05, 0) is 29.1 Å². The summed E-state index contributed by atoms with van der Waals surface area (Å²) in [4.78, 5) is 11.9. The first-order chi connectivity index (χ1) is 11.7. The number of amides is 1. The fraction of sp³-hybridized carbons (Fsp3) is 0.0526. The number of benzene rings is 3. The van der Waals surface area contributed by atoms with Crippen LogP contribution in [0, 0.1) is 0 Å². The first-order valence-electron chi connectivity index (χ1n) is 7.51. The third kappa shape index (κ3) is 4.20. The van der Waals surface area contributed by atoms with Gasteiger partial charge in [0.2, 0.25) is 0 Å². The first-order valence-corrected chi connectivity index (χ1v) is 8.31. The minimum absolute atomic E-state index is 0.158. The second kappa shape index (κ2) is 7.75. The number of nitrogens with one attached hydrogen (secondary N) is 2. The molecule has 0 spiro atoms. The predicted molar refractivity (Wildman–Crippen MR) is 102 cm³/mol. The van der Waals surface area contributed by atoms with Gasteiger partial charge in [0.25, 0.3) is 5.91 Å². The van der Waals surface area contributed by atoms with Crippen molar-refractivity contribution in [3.63, 3.8) is 0 Å². The maximum absolute atomic E-state index is 11.9. The van der Waals surface area contributed by atoms with Crippen molar-refractivity contribution in [1.29, 1.82) is 0 Å². The van der Waals surface area contributed by atoms with Crippen molar-refractivity contribution in [2.75, 3.05) is 11.9 Å². The molecule has 0 heterocycles. The molecule has 2 N–H and O–H groups in total. The third-order valence-electron chi connectivity index (χ3n) is 3.50. The number of hydrogen-bond donors (Lipinski definition) is 2. The van der Waals surface area contributed by atoms with E-state index in [2.05, 4.69) is 31.8 Å². The number of carbonyl (C=O) groups is 1. The summed E-state index contributed by atoms with van der Waals surface area (Å²) in [6, 6.07) is 21.7. The molecule has 3 rings (SSSR count). The van der Waals surface area contributed by atoms with Crippen LogP contribution in [0.25, 0.3) is 10.8 Å². The Balaban J connectivity index is 1.56. The Hall–Kier alpha value is -2.66. The molecule has 4 nitrogen and oxygen atoms in total. The summed E-state index contributed by atoms with van der Waals surface area (Å²) in [6.45, 7) is 0.158. The van der Waals surface area contributed by atoms with Crippen molar-refractivity contribution < 1.29 is 4.79 Å². The van der Waals surface area contributed by atoms with E-state index in [0.29, 0.717) is 0 Å². The van der Waals surface area contributed by atoms with E-state index in [4.69, 9.17) is 0 Å². The van der Waals surface area contributed by atoms with Crippen molar-refractivity contribution in [3.05, 3.63) is 76.8 Å². The van der Waals surface area contributed by atoms with Crippen LogP contribution in [-0.2, 0) is 4.79 Å². The molecule has 0 aliphatic rings. The number of hydrogen-bond acceptors (Lipinski definition) is 3. The van der Waals surface area contributed by atoms with Gasteiger partial charge in [-0.25, -0.2) is 5.43 Å². The molecule has 0 bridgehead atoms. The van der Waals surface area contributed by atoms with Crippen molar-refractivity contribution in [1.82, 2.24) is 5.43 Å². The van der Waals surface area contributed by atoms with Crippen molar-refractivity contribution >= 4 is 44.5 Å². The van der Waals surface area contributed by atoms with E-state index < -0.39 is 0 Å². The monoisotopic (exact) mass is 381 g/mol. The smallest absolute Gasteiger partial charge is 0.259 e. The zero-order valence-corrected chi connectivity index (χ0v) is 14.5. The van der Waals surface area contributed by atoms with Gasteiger partial charge in [0.15, 0.2) is 0 Å².